The highest BCUT2D eigenvalue weighted by molar-refractivity contribution is 6.05. The second-order valence-corrected chi connectivity index (χ2v) is 6.68. The third-order valence-electron chi connectivity index (χ3n) is 4.87. The summed E-state index contributed by atoms with van der Waals surface area (Å²) in [6, 6.07) is 16.6. The molecule has 0 bridgehead atoms. The average Bonchev–Trinajstić information content (AvgIpc) is 2.74. The van der Waals surface area contributed by atoms with Crippen molar-refractivity contribution < 1.29 is 4.79 Å². The molecule has 1 N–H and O–H groups in total. The number of amides is 1. The molecule has 4 rings (SSSR count). The van der Waals surface area contributed by atoms with Gasteiger partial charge < -0.3 is 5.32 Å². The van der Waals surface area contributed by atoms with E-state index in [-0.39, 0.29) is 17.5 Å². The van der Waals surface area contributed by atoms with Gasteiger partial charge in [0, 0.05) is 23.0 Å². The molecule has 6 heteroatoms. The zero-order valence-electron chi connectivity index (χ0n) is 15.5. The molecular weight excluding hydrogens is 352 g/mol. The van der Waals surface area contributed by atoms with Gasteiger partial charge in [0.2, 0.25) is 0 Å². The second kappa shape index (κ2) is 7.60. The predicted molar refractivity (Wildman–Crippen MR) is 109 cm³/mol. The van der Waals surface area contributed by atoms with Crippen LogP contribution in [0.5, 0.6) is 0 Å². The molecule has 28 heavy (non-hydrogen) atoms. The topological polar surface area (TPSA) is 76.9 Å². The van der Waals surface area contributed by atoms with E-state index in [1.165, 1.54) is 4.68 Å². The van der Waals surface area contributed by atoms with Crippen molar-refractivity contribution >= 4 is 27.5 Å². The van der Waals surface area contributed by atoms with E-state index in [9.17, 15) is 9.59 Å². The van der Waals surface area contributed by atoms with Crippen LogP contribution in [0.4, 0.5) is 0 Å². The molecule has 0 radical (unpaired) electrons. The maximum absolute atomic E-state index is 12.8. The van der Waals surface area contributed by atoms with Crippen LogP contribution in [0.1, 0.15) is 23.8 Å². The van der Waals surface area contributed by atoms with Crippen LogP contribution in [0.25, 0.3) is 21.5 Å². The van der Waals surface area contributed by atoms with Crippen molar-refractivity contribution in [3.63, 3.8) is 0 Å². The van der Waals surface area contributed by atoms with Crippen molar-refractivity contribution in [2.75, 3.05) is 0 Å². The summed E-state index contributed by atoms with van der Waals surface area (Å²) in [6.07, 6.45) is 3.97. The van der Waals surface area contributed by atoms with Crippen molar-refractivity contribution in [2.45, 2.75) is 25.9 Å². The highest BCUT2D eigenvalue weighted by Gasteiger charge is 2.17. The summed E-state index contributed by atoms with van der Waals surface area (Å²) in [7, 11) is 0. The number of benzene rings is 2. The van der Waals surface area contributed by atoms with Gasteiger partial charge in [-0.15, -0.1) is 0 Å². The maximum atomic E-state index is 12.8. The number of aromatic nitrogens is 3. The predicted octanol–water partition coefficient (Wildman–Crippen LogP) is 3.15. The summed E-state index contributed by atoms with van der Waals surface area (Å²) >= 11 is 0. The molecule has 1 atom stereocenters. The Morgan fingerprint density at radius 1 is 1.04 bits per heavy atom. The van der Waals surface area contributed by atoms with Gasteiger partial charge in [-0.3, -0.25) is 14.6 Å². The normalized spacial score (nSPS) is 12.2. The molecule has 2 aromatic carbocycles. The largest absolute Gasteiger partial charge is 0.346 e. The summed E-state index contributed by atoms with van der Waals surface area (Å²) in [5.41, 5.74) is 0.226. The fourth-order valence-corrected chi connectivity index (χ4v) is 3.30. The molecule has 6 nitrogen and oxygen atoms in total. The van der Waals surface area contributed by atoms with Gasteiger partial charge in [-0.05, 0) is 23.9 Å². The van der Waals surface area contributed by atoms with Crippen LogP contribution in [-0.4, -0.2) is 26.7 Å². The lowest BCUT2D eigenvalue weighted by Gasteiger charge is -2.18. The third kappa shape index (κ3) is 3.36. The Bertz CT molecular complexity index is 1210. The molecule has 4 aromatic rings. The molecule has 2 aromatic heterocycles. The van der Waals surface area contributed by atoms with Gasteiger partial charge >= 0.3 is 0 Å². The highest BCUT2D eigenvalue weighted by Crippen LogP contribution is 2.16. The Labute approximate surface area is 161 Å². The lowest BCUT2D eigenvalue weighted by atomic mass is 10.1. The number of hydrogen-bond donors (Lipinski definition) is 1. The Morgan fingerprint density at radius 2 is 1.75 bits per heavy atom. The minimum atomic E-state index is -0.252. The Balaban J connectivity index is 1.59. The number of nitrogens with zero attached hydrogens (tertiary/aromatic N) is 3. The SMILES string of the molecule is CC[C@@H](Cn1ncc2ccccc2c1=O)NC(=O)c1nccc2ccccc12. The van der Waals surface area contributed by atoms with E-state index in [4.69, 9.17) is 0 Å². The molecule has 0 saturated carbocycles. The third-order valence-corrected chi connectivity index (χ3v) is 4.87. The number of pyridine rings is 1. The van der Waals surface area contributed by atoms with Crippen molar-refractivity contribution in [3.8, 4) is 0 Å². The Kier molecular flexibility index (Phi) is 4.85. The molecule has 0 fully saturated rings. The maximum Gasteiger partial charge on any atom is 0.274 e. The lowest BCUT2D eigenvalue weighted by molar-refractivity contribution is 0.0927. The monoisotopic (exact) mass is 372 g/mol. The zero-order valence-corrected chi connectivity index (χ0v) is 15.5. The van der Waals surface area contributed by atoms with Crippen molar-refractivity contribution in [1.82, 2.24) is 20.1 Å². The minimum absolute atomic E-state index is 0.158. The number of rotatable bonds is 5. The number of fused-ring (bicyclic) bond motifs is 2. The molecule has 140 valence electrons. The second-order valence-electron chi connectivity index (χ2n) is 6.68. The van der Waals surface area contributed by atoms with E-state index >= 15 is 0 Å². The molecule has 0 aliphatic rings. The summed E-state index contributed by atoms with van der Waals surface area (Å²) in [4.78, 5) is 29.8. The Morgan fingerprint density at radius 3 is 2.54 bits per heavy atom. The van der Waals surface area contributed by atoms with E-state index in [0.717, 1.165) is 16.2 Å². The van der Waals surface area contributed by atoms with Crippen LogP contribution in [0.3, 0.4) is 0 Å². The summed E-state index contributed by atoms with van der Waals surface area (Å²) in [5.74, 6) is -0.252. The van der Waals surface area contributed by atoms with Crippen molar-refractivity contribution in [2.24, 2.45) is 0 Å². The van der Waals surface area contributed by atoms with E-state index < -0.39 is 0 Å². The molecule has 0 spiro atoms. The number of nitrogens with one attached hydrogen (secondary N) is 1. The first-order valence-electron chi connectivity index (χ1n) is 9.27. The van der Waals surface area contributed by atoms with Crippen LogP contribution in [-0.2, 0) is 6.54 Å². The van der Waals surface area contributed by atoms with Gasteiger partial charge in [-0.25, -0.2) is 4.68 Å². The van der Waals surface area contributed by atoms with Crippen molar-refractivity contribution in [1.29, 1.82) is 0 Å². The zero-order chi connectivity index (χ0) is 19.5. The van der Waals surface area contributed by atoms with Crippen LogP contribution in [0.2, 0.25) is 0 Å². The number of carbonyl (C=O) groups excluding carboxylic acids is 1. The summed E-state index contributed by atoms with van der Waals surface area (Å²) in [6.45, 7) is 2.27. The van der Waals surface area contributed by atoms with Crippen LogP contribution >= 0.6 is 0 Å². The quantitative estimate of drug-likeness (QED) is 0.584. The molecule has 0 saturated heterocycles. The molecule has 0 unspecified atom stereocenters. The van der Waals surface area contributed by atoms with Gasteiger partial charge in [-0.1, -0.05) is 49.4 Å². The summed E-state index contributed by atoms with van der Waals surface area (Å²) < 4.78 is 1.41. The smallest absolute Gasteiger partial charge is 0.274 e. The van der Waals surface area contributed by atoms with Crippen LogP contribution in [0.15, 0.2) is 71.8 Å². The molecule has 1 amide bonds. The molecule has 0 aliphatic heterocycles. The molecule has 0 aliphatic carbocycles. The lowest BCUT2D eigenvalue weighted by Crippen LogP contribution is -2.40. The molecular formula is C22H20N4O2. The standard InChI is InChI=1S/C22H20N4O2/c1-2-17(14-26-22(28)19-10-6-4-8-16(19)13-24-26)25-21(27)20-18-9-5-3-7-15(18)11-12-23-20/h3-13,17H,2,14H2,1H3,(H,25,27)/t17-/m0/s1. The first-order valence-corrected chi connectivity index (χ1v) is 9.27. The van der Waals surface area contributed by atoms with Crippen molar-refractivity contribution in [3.05, 3.63) is 83.0 Å². The first-order chi connectivity index (χ1) is 13.7. The van der Waals surface area contributed by atoms with E-state index in [1.54, 1.807) is 18.5 Å². The van der Waals surface area contributed by atoms with E-state index in [2.05, 4.69) is 15.4 Å². The van der Waals surface area contributed by atoms with Gasteiger partial charge in [-0.2, -0.15) is 5.10 Å². The van der Waals surface area contributed by atoms with E-state index in [1.807, 2.05) is 55.5 Å². The van der Waals surface area contributed by atoms with Gasteiger partial charge in [0.1, 0.15) is 5.69 Å². The summed E-state index contributed by atoms with van der Waals surface area (Å²) in [5, 5.41) is 10.5. The highest BCUT2D eigenvalue weighted by atomic mass is 16.2. The van der Waals surface area contributed by atoms with Crippen LogP contribution in [0, 0.1) is 0 Å². The minimum Gasteiger partial charge on any atom is -0.346 e. The van der Waals surface area contributed by atoms with Gasteiger partial charge in [0.05, 0.1) is 18.1 Å². The first kappa shape index (κ1) is 17.9. The van der Waals surface area contributed by atoms with Crippen LogP contribution < -0.4 is 10.9 Å². The fourth-order valence-electron chi connectivity index (χ4n) is 3.30. The van der Waals surface area contributed by atoms with Gasteiger partial charge in [0.25, 0.3) is 11.5 Å². The Hall–Kier alpha value is -3.54. The number of carbonyl (C=O) groups is 1. The number of hydrogen-bond acceptors (Lipinski definition) is 4. The van der Waals surface area contributed by atoms with E-state index in [0.29, 0.717) is 24.0 Å². The molecule has 2 heterocycles. The average molecular weight is 372 g/mol. The van der Waals surface area contributed by atoms with Gasteiger partial charge in [0.15, 0.2) is 0 Å². The fraction of sp³-hybridized carbons (Fsp3) is 0.182.